The summed E-state index contributed by atoms with van der Waals surface area (Å²) in [6.45, 7) is 4.03. The van der Waals surface area contributed by atoms with Crippen molar-refractivity contribution in [3.05, 3.63) is 17.5 Å². The first-order valence-corrected chi connectivity index (χ1v) is 10.1. The highest BCUT2D eigenvalue weighted by molar-refractivity contribution is 7.91. The summed E-state index contributed by atoms with van der Waals surface area (Å²) in [6, 6.07) is 2.92. The first kappa shape index (κ1) is 16.9. The predicted molar refractivity (Wildman–Crippen MR) is 85.8 cm³/mol. The lowest BCUT2D eigenvalue weighted by Crippen LogP contribution is -2.49. The highest BCUT2D eigenvalue weighted by Crippen LogP contribution is 2.32. The molecule has 1 saturated carbocycles. The number of hydrogen-bond donors (Lipinski definition) is 2. The fourth-order valence-corrected chi connectivity index (χ4v) is 5.39. The monoisotopic (exact) mass is 331 g/mol. The quantitative estimate of drug-likeness (QED) is 0.807. The lowest BCUT2D eigenvalue weighted by Gasteiger charge is -2.32. The molecule has 4 nitrogen and oxygen atoms in total. The zero-order valence-corrected chi connectivity index (χ0v) is 14.3. The van der Waals surface area contributed by atoms with Gasteiger partial charge in [0.2, 0.25) is 10.0 Å². The van der Waals surface area contributed by atoms with Crippen LogP contribution in [0.3, 0.4) is 0 Å². The third-order valence-electron chi connectivity index (χ3n) is 4.56. The molecule has 1 fully saturated rings. The maximum atomic E-state index is 12.4. The van der Waals surface area contributed by atoms with E-state index in [9.17, 15) is 13.5 Å². The molecule has 1 aliphatic carbocycles. The van der Waals surface area contributed by atoms with Gasteiger partial charge >= 0.3 is 0 Å². The second kappa shape index (κ2) is 7.22. The molecule has 2 N–H and O–H groups in total. The van der Waals surface area contributed by atoms with E-state index in [0.29, 0.717) is 4.21 Å². The predicted octanol–water partition coefficient (Wildman–Crippen LogP) is 2.99. The van der Waals surface area contributed by atoms with E-state index in [1.54, 1.807) is 17.5 Å². The van der Waals surface area contributed by atoms with Gasteiger partial charge in [0.15, 0.2) is 0 Å². The first-order valence-electron chi connectivity index (χ1n) is 7.69. The largest absolute Gasteiger partial charge is 0.391 e. The molecule has 1 unspecified atom stereocenters. The zero-order chi connectivity index (χ0) is 15.5. The minimum atomic E-state index is -3.54. The average Bonchev–Trinajstić information content (AvgIpc) is 3.15. The Kier molecular flexibility index (Phi) is 5.82. The fourth-order valence-electron chi connectivity index (χ4n) is 3.02. The molecule has 120 valence electrons. The van der Waals surface area contributed by atoms with E-state index in [-0.39, 0.29) is 11.8 Å². The molecule has 0 amide bonds. The van der Waals surface area contributed by atoms with E-state index in [1.807, 2.05) is 13.8 Å². The molecule has 6 heteroatoms. The molecule has 1 aromatic heterocycles. The molecule has 1 aromatic rings. The zero-order valence-electron chi connectivity index (χ0n) is 12.7. The molecule has 0 spiro atoms. The number of rotatable bonds is 7. The fraction of sp³-hybridized carbons (Fsp3) is 0.733. The standard InChI is InChI=1S/C15H25NO3S2/c1-3-11(2)14(15(17)12-7-4-5-8-12)16-21(18,19)13-9-6-10-20-13/h6,9-12,14-17H,3-5,7-8H2,1-2H3/t11-,14-,15?/m0/s1. The van der Waals surface area contributed by atoms with Crippen molar-refractivity contribution in [2.45, 2.75) is 62.3 Å². The number of sulfonamides is 1. The van der Waals surface area contributed by atoms with Gasteiger partial charge in [0.1, 0.15) is 4.21 Å². The van der Waals surface area contributed by atoms with Crippen LogP contribution in [0.15, 0.2) is 21.7 Å². The van der Waals surface area contributed by atoms with Crippen LogP contribution in [0.25, 0.3) is 0 Å². The van der Waals surface area contributed by atoms with Crippen LogP contribution >= 0.6 is 11.3 Å². The van der Waals surface area contributed by atoms with Crippen molar-refractivity contribution in [1.29, 1.82) is 0 Å². The van der Waals surface area contributed by atoms with Crippen molar-refractivity contribution in [2.24, 2.45) is 11.8 Å². The normalized spacial score (nSPS) is 21.3. The summed E-state index contributed by atoms with van der Waals surface area (Å²) in [7, 11) is -3.54. The third-order valence-corrected chi connectivity index (χ3v) is 7.42. The Hall–Kier alpha value is -0.430. The molecular weight excluding hydrogens is 306 g/mol. The first-order chi connectivity index (χ1) is 9.95. The number of aliphatic hydroxyl groups excluding tert-OH is 1. The van der Waals surface area contributed by atoms with Crippen LogP contribution in [0.1, 0.15) is 46.0 Å². The van der Waals surface area contributed by atoms with Gasteiger partial charge in [-0.05, 0) is 36.1 Å². The van der Waals surface area contributed by atoms with Crippen molar-refractivity contribution in [2.75, 3.05) is 0 Å². The van der Waals surface area contributed by atoms with Gasteiger partial charge in [0, 0.05) is 0 Å². The third kappa shape index (κ3) is 4.06. The molecule has 0 radical (unpaired) electrons. The van der Waals surface area contributed by atoms with Crippen LogP contribution in [-0.4, -0.2) is 25.7 Å². The average molecular weight is 332 g/mol. The Bertz CT molecular complexity index is 521. The van der Waals surface area contributed by atoms with Crippen LogP contribution in [0.5, 0.6) is 0 Å². The van der Waals surface area contributed by atoms with Crippen molar-refractivity contribution < 1.29 is 13.5 Å². The van der Waals surface area contributed by atoms with E-state index in [2.05, 4.69) is 4.72 Å². The molecule has 0 saturated heterocycles. The number of hydrogen-bond acceptors (Lipinski definition) is 4. The summed E-state index contributed by atoms with van der Waals surface area (Å²) >= 11 is 1.20. The topological polar surface area (TPSA) is 66.4 Å². The molecule has 3 atom stereocenters. The lowest BCUT2D eigenvalue weighted by molar-refractivity contribution is 0.0587. The Morgan fingerprint density at radius 3 is 2.62 bits per heavy atom. The lowest BCUT2D eigenvalue weighted by atomic mass is 9.87. The van der Waals surface area contributed by atoms with E-state index < -0.39 is 22.2 Å². The molecule has 1 heterocycles. The van der Waals surface area contributed by atoms with Gasteiger partial charge in [0.05, 0.1) is 12.1 Å². The maximum Gasteiger partial charge on any atom is 0.250 e. The summed E-state index contributed by atoms with van der Waals surface area (Å²) in [5, 5.41) is 12.4. The van der Waals surface area contributed by atoms with Gasteiger partial charge in [-0.15, -0.1) is 11.3 Å². The maximum absolute atomic E-state index is 12.4. The molecule has 21 heavy (non-hydrogen) atoms. The summed E-state index contributed by atoms with van der Waals surface area (Å²) in [6.07, 6.45) is 4.49. The Balaban J connectivity index is 2.16. The minimum absolute atomic E-state index is 0.107. The van der Waals surface area contributed by atoms with E-state index >= 15 is 0 Å². The van der Waals surface area contributed by atoms with Crippen molar-refractivity contribution in [3.8, 4) is 0 Å². The number of nitrogens with one attached hydrogen (secondary N) is 1. The highest BCUT2D eigenvalue weighted by atomic mass is 32.2. The van der Waals surface area contributed by atoms with E-state index in [4.69, 9.17) is 0 Å². The Morgan fingerprint density at radius 1 is 1.43 bits per heavy atom. The minimum Gasteiger partial charge on any atom is -0.391 e. The van der Waals surface area contributed by atoms with Crippen LogP contribution in [-0.2, 0) is 10.0 Å². The van der Waals surface area contributed by atoms with Crippen LogP contribution < -0.4 is 4.72 Å². The molecule has 0 aliphatic heterocycles. The Morgan fingerprint density at radius 2 is 2.10 bits per heavy atom. The van der Waals surface area contributed by atoms with Gasteiger partial charge in [-0.2, -0.15) is 0 Å². The van der Waals surface area contributed by atoms with Crippen LogP contribution in [0.4, 0.5) is 0 Å². The second-order valence-corrected chi connectivity index (χ2v) is 8.89. The number of thiophene rings is 1. The van der Waals surface area contributed by atoms with Gasteiger partial charge in [-0.3, -0.25) is 0 Å². The Labute approximate surface area is 131 Å². The van der Waals surface area contributed by atoms with E-state index in [1.165, 1.54) is 11.3 Å². The van der Waals surface area contributed by atoms with Gasteiger partial charge in [-0.1, -0.05) is 39.2 Å². The van der Waals surface area contributed by atoms with Gasteiger partial charge in [0.25, 0.3) is 0 Å². The molecule has 2 rings (SSSR count). The summed E-state index contributed by atoms with van der Waals surface area (Å²) in [5.41, 5.74) is 0. The van der Waals surface area contributed by atoms with Crippen molar-refractivity contribution in [1.82, 2.24) is 4.72 Å². The van der Waals surface area contributed by atoms with Gasteiger partial charge in [-0.25, -0.2) is 13.1 Å². The smallest absolute Gasteiger partial charge is 0.250 e. The van der Waals surface area contributed by atoms with Crippen LogP contribution in [0.2, 0.25) is 0 Å². The summed E-state index contributed by atoms with van der Waals surface area (Å²) in [5.74, 6) is 0.324. The number of aliphatic hydroxyl groups is 1. The molecule has 0 aromatic carbocycles. The second-order valence-electron chi connectivity index (χ2n) is 6.00. The molecular formula is C15H25NO3S2. The van der Waals surface area contributed by atoms with Crippen molar-refractivity contribution in [3.63, 3.8) is 0 Å². The summed E-state index contributed by atoms with van der Waals surface area (Å²) in [4.78, 5) is 0. The molecule has 1 aliphatic rings. The molecule has 0 bridgehead atoms. The van der Waals surface area contributed by atoms with Crippen LogP contribution in [0, 0.1) is 11.8 Å². The SMILES string of the molecule is CC[C@H](C)[C@H](NS(=O)(=O)c1cccs1)C(O)C1CCCC1. The van der Waals surface area contributed by atoms with E-state index in [0.717, 1.165) is 32.1 Å². The summed E-state index contributed by atoms with van der Waals surface area (Å²) < 4.78 is 27.9. The van der Waals surface area contributed by atoms with Crippen molar-refractivity contribution >= 4 is 21.4 Å². The highest BCUT2D eigenvalue weighted by Gasteiger charge is 2.35. The van der Waals surface area contributed by atoms with Gasteiger partial charge < -0.3 is 5.11 Å².